The summed E-state index contributed by atoms with van der Waals surface area (Å²) in [7, 11) is 1.82. The van der Waals surface area contributed by atoms with Crippen LogP contribution in [0.2, 0.25) is 0 Å². The van der Waals surface area contributed by atoms with Crippen molar-refractivity contribution in [2.45, 2.75) is 19.5 Å². The molecule has 0 heterocycles. The smallest absolute Gasteiger partial charge is 0.124 e. The third kappa shape index (κ3) is 1.38. The largest absolute Gasteiger partial charge is 0.391 e. The van der Waals surface area contributed by atoms with Gasteiger partial charge in [0.15, 0.2) is 0 Å². The van der Waals surface area contributed by atoms with Gasteiger partial charge in [-0.2, -0.15) is 0 Å². The first-order chi connectivity index (χ1) is 4.74. The van der Waals surface area contributed by atoms with Crippen molar-refractivity contribution in [2.75, 3.05) is 7.05 Å². The van der Waals surface area contributed by atoms with Crippen LogP contribution in [0.4, 0.5) is 4.39 Å². The monoisotopic (exact) mass is 141 g/mol. The summed E-state index contributed by atoms with van der Waals surface area (Å²) in [5.74, 6) is 0. The number of rotatable bonds is 1. The van der Waals surface area contributed by atoms with E-state index in [0.717, 1.165) is 11.3 Å². The number of nitrogens with one attached hydrogen (secondary N) is 1. The topological polar surface area (TPSA) is 12.0 Å². The molecule has 0 saturated carbocycles. The molecular formula is C8H12FN. The summed E-state index contributed by atoms with van der Waals surface area (Å²) < 4.78 is 12.6. The van der Waals surface area contributed by atoms with Gasteiger partial charge in [0, 0.05) is 19.2 Å². The Morgan fingerprint density at radius 2 is 2.40 bits per heavy atom. The van der Waals surface area contributed by atoms with Crippen LogP contribution in [0.25, 0.3) is 0 Å². The molecule has 1 aliphatic carbocycles. The Hall–Kier alpha value is -0.790. The van der Waals surface area contributed by atoms with E-state index in [1.54, 1.807) is 6.08 Å². The number of allylic oxidation sites excluding steroid dienone is 4. The summed E-state index contributed by atoms with van der Waals surface area (Å²) in [6.45, 7) is 1.98. The van der Waals surface area contributed by atoms with E-state index in [1.165, 1.54) is 0 Å². The number of alkyl halides is 1. The molecule has 0 radical (unpaired) electrons. The van der Waals surface area contributed by atoms with E-state index in [-0.39, 0.29) is 0 Å². The second-order valence-electron chi connectivity index (χ2n) is 2.49. The predicted octanol–water partition coefficient (Wildman–Crippen LogP) is 1.78. The van der Waals surface area contributed by atoms with Gasteiger partial charge >= 0.3 is 0 Å². The van der Waals surface area contributed by atoms with E-state index in [9.17, 15) is 4.39 Å². The molecular weight excluding hydrogens is 129 g/mol. The first-order valence-electron chi connectivity index (χ1n) is 3.44. The van der Waals surface area contributed by atoms with Crippen molar-refractivity contribution in [1.29, 1.82) is 0 Å². The van der Waals surface area contributed by atoms with Crippen LogP contribution >= 0.6 is 0 Å². The molecule has 0 aromatic heterocycles. The lowest BCUT2D eigenvalue weighted by molar-refractivity contribution is 0.388. The minimum absolute atomic E-state index is 0.499. The second kappa shape index (κ2) is 2.86. The van der Waals surface area contributed by atoms with E-state index in [2.05, 4.69) is 5.32 Å². The Labute approximate surface area is 60.6 Å². The van der Waals surface area contributed by atoms with Gasteiger partial charge in [-0.1, -0.05) is 6.08 Å². The molecule has 0 aromatic rings. The van der Waals surface area contributed by atoms with Crippen LogP contribution in [0.3, 0.4) is 0 Å². The van der Waals surface area contributed by atoms with Gasteiger partial charge in [-0.15, -0.1) is 0 Å². The summed E-state index contributed by atoms with van der Waals surface area (Å²) in [6.07, 6.45) is 3.11. The minimum atomic E-state index is -0.800. The molecule has 0 spiro atoms. The van der Waals surface area contributed by atoms with Gasteiger partial charge in [-0.25, -0.2) is 4.39 Å². The van der Waals surface area contributed by atoms with Crippen molar-refractivity contribution in [3.63, 3.8) is 0 Å². The summed E-state index contributed by atoms with van der Waals surface area (Å²) >= 11 is 0. The molecule has 0 amide bonds. The Bertz CT molecular complexity index is 182. The summed E-state index contributed by atoms with van der Waals surface area (Å²) in [4.78, 5) is 0. The van der Waals surface area contributed by atoms with Crippen LogP contribution in [0.1, 0.15) is 13.3 Å². The zero-order valence-corrected chi connectivity index (χ0v) is 6.32. The molecule has 1 unspecified atom stereocenters. The van der Waals surface area contributed by atoms with E-state index in [1.807, 2.05) is 20.0 Å². The third-order valence-corrected chi connectivity index (χ3v) is 1.73. The second-order valence-corrected chi connectivity index (χ2v) is 2.49. The van der Waals surface area contributed by atoms with Crippen molar-refractivity contribution in [2.24, 2.45) is 0 Å². The molecule has 0 bridgehead atoms. The normalized spacial score (nSPS) is 25.3. The van der Waals surface area contributed by atoms with E-state index in [4.69, 9.17) is 0 Å². The summed E-state index contributed by atoms with van der Waals surface area (Å²) in [5, 5.41) is 2.97. The Kier molecular flexibility index (Phi) is 2.10. The lowest BCUT2D eigenvalue weighted by Gasteiger charge is -2.14. The summed E-state index contributed by atoms with van der Waals surface area (Å²) in [6, 6.07) is 0. The highest BCUT2D eigenvalue weighted by Gasteiger charge is 2.10. The van der Waals surface area contributed by atoms with Gasteiger partial charge < -0.3 is 5.32 Å². The van der Waals surface area contributed by atoms with Crippen molar-refractivity contribution in [3.05, 3.63) is 23.4 Å². The van der Waals surface area contributed by atoms with Crippen molar-refractivity contribution >= 4 is 0 Å². The van der Waals surface area contributed by atoms with Gasteiger partial charge in [-0.3, -0.25) is 0 Å². The molecule has 1 rings (SSSR count). The third-order valence-electron chi connectivity index (χ3n) is 1.73. The molecule has 0 aliphatic heterocycles. The molecule has 1 atom stereocenters. The number of halogens is 1. The van der Waals surface area contributed by atoms with Crippen LogP contribution < -0.4 is 5.32 Å². The SMILES string of the molecule is CNC1=C(C)C=CC(F)C1. The van der Waals surface area contributed by atoms with Crippen LogP contribution in [0, 0.1) is 0 Å². The predicted molar refractivity (Wildman–Crippen MR) is 40.4 cm³/mol. The summed E-state index contributed by atoms with van der Waals surface area (Å²) in [5.41, 5.74) is 2.14. The molecule has 0 aromatic carbocycles. The Balaban J connectivity index is 2.74. The zero-order chi connectivity index (χ0) is 7.56. The fourth-order valence-electron chi connectivity index (χ4n) is 1.07. The van der Waals surface area contributed by atoms with Crippen LogP contribution in [-0.4, -0.2) is 13.2 Å². The number of hydrogen-bond acceptors (Lipinski definition) is 1. The first kappa shape index (κ1) is 7.32. The average Bonchev–Trinajstić information content (AvgIpc) is 1.94. The van der Waals surface area contributed by atoms with E-state index in [0.29, 0.717) is 6.42 Å². The van der Waals surface area contributed by atoms with E-state index >= 15 is 0 Å². The standard InChI is InChI=1S/C8H12FN/c1-6-3-4-7(9)5-8(6)10-2/h3-4,7,10H,5H2,1-2H3. The maximum absolute atomic E-state index is 12.6. The van der Waals surface area contributed by atoms with Gasteiger partial charge in [0.25, 0.3) is 0 Å². The molecule has 56 valence electrons. The van der Waals surface area contributed by atoms with Gasteiger partial charge in [0.2, 0.25) is 0 Å². The van der Waals surface area contributed by atoms with Gasteiger partial charge in [-0.05, 0) is 18.6 Å². The molecule has 1 aliphatic rings. The molecule has 10 heavy (non-hydrogen) atoms. The maximum Gasteiger partial charge on any atom is 0.124 e. The molecule has 1 N–H and O–H groups in total. The fraction of sp³-hybridized carbons (Fsp3) is 0.500. The minimum Gasteiger partial charge on any atom is -0.391 e. The van der Waals surface area contributed by atoms with Crippen molar-refractivity contribution < 1.29 is 4.39 Å². The van der Waals surface area contributed by atoms with Crippen LogP contribution in [-0.2, 0) is 0 Å². The Morgan fingerprint density at radius 1 is 1.70 bits per heavy atom. The highest BCUT2D eigenvalue weighted by atomic mass is 19.1. The van der Waals surface area contributed by atoms with Gasteiger partial charge in [0.05, 0.1) is 0 Å². The maximum atomic E-state index is 12.6. The molecule has 1 nitrogen and oxygen atoms in total. The zero-order valence-electron chi connectivity index (χ0n) is 6.32. The molecule has 2 heteroatoms. The van der Waals surface area contributed by atoms with Crippen LogP contribution in [0.15, 0.2) is 23.4 Å². The van der Waals surface area contributed by atoms with Crippen LogP contribution in [0.5, 0.6) is 0 Å². The highest BCUT2D eigenvalue weighted by molar-refractivity contribution is 5.28. The first-order valence-corrected chi connectivity index (χ1v) is 3.44. The molecule has 0 fully saturated rings. The van der Waals surface area contributed by atoms with Gasteiger partial charge in [0.1, 0.15) is 6.17 Å². The lowest BCUT2D eigenvalue weighted by Crippen LogP contribution is -2.15. The quantitative estimate of drug-likeness (QED) is 0.587. The fourth-order valence-corrected chi connectivity index (χ4v) is 1.07. The average molecular weight is 141 g/mol. The Morgan fingerprint density at radius 3 is 2.90 bits per heavy atom. The van der Waals surface area contributed by atoms with E-state index < -0.39 is 6.17 Å². The highest BCUT2D eigenvalue weighted by Crippen LogP contribution is 2.17. The molecule has 0 saturated heterocycles. The van der Waals surface area contributed by atoms with Crippen molar-refractivity contribution in [1.82, 2.24) is 5.32 Å². The van der Waals surface area contributed by atoms with Crippen molar-refractivity contribution in [3.8, 4) is 0 Å². The number of hydrogen-bond donors (Lipinski definition) is 1. The lowest BCUT2D eigenvalue weighted by atomic mass is 10.0.